The maximum absolute atomic E-state index is 13.7. The second kappa shape index (κ2) is 8.88. The van der Waals surface area contributed by atoms with Crippen molar-refractivity contribution in [2.45, 2.75) is 46.1 Å². The van der Waals surface area contributed by atoms with Crippen LogP contribution in [0.5, 0.6) is 0 Å². The van der Waals surface area contributed by atoms with Gasteiger partial charge in [0.25, 0.3) is 0 Å². The molecule has 2 aromatic carbocycles. The smallest absolute Gasteiger partial charge is 0.325 e. The molecule has 5 nitrogen and oxygen atoms in total. The van der Waals surface area contributed by atoms with Crippen LogP contribution in [0.4, 0.5) is 0 Å². The summed E-state index contributed by atoms with van der Waals surface area (Å²) in [5, 5.41) is 0. The van der Waals surface area contributed by atoms with E-state index in [0.29, 0.717) is 11.1 Å². The van der Waals surface area contributed by atoms with Crippen molar-refractivity contribution in [3.05, 3.63) is 76.9 Å². The summed E-state index contributed by atoms with van der Waals surface area (Å²) in [5.74, 6) is -1.48. The number of carbonyl (C=O) groups is 3. The largest absolute Gasteiger partial charge is 0.466 e. The molecule has 0 spiro atoms. The van der Waals surface area contributed by atoms with Crippen LogP contribution >= 0.6 is 0 Å². The number of carbonyl (C=O) groups excluding carboxylic acids is 3. The van der Waals surface area contributed by atoms with E-state index in [9.17, 15) is 14.4 Å². The Morgan fingerprint density at radius 1 is 1.03 bits per heavy atom. The Hall–Kier alpha value is -3.21. The quantitative estimate of drug-likeness (QED) is 0.496. The zero-order chi connectivity index (χ0) is 22.6. The van der Waals surface area contributed by atoms with E-state index in [1.54, 1.807) is 45.9 Å². The average Bonchev–Trinajstić information content (AvgIpc) is 3.01. The van der Waals surface area contributed by atoms with E-state index in [-0.39, 0.29) is 25.2 Å². The predicted molar refractivity (Wildman–Crippen MR) is 118 cm³/mol. The van der Waals surface area contributed by atoms with E-state index in [2.05, 4.69) is 0 Å². The van der Waals surface area contributed by atoms with Crippen molar-refractivity contribution in [3.63, 3.8) is 0 Å². The molecule has 0 fully saturated rings. The number of hydrogen-bond acceptors (Lipinski definition) is 5. The summed E-state index contributed by atoms with van der Waals surface area (Å²) >= 11 is 0. The molecule has 0 saturated carbocycles. The number of fused-ring (bicyclic) bond motifs is 1. The van der Waals surface area contributed by atoms with Gasteiger partial charge in [-0.1, -0.05) is 60.7 Å². The normalized spacial score (nSPS) is 18.5. The maximum atomic E-state index is 13.7. The van der Waals surface area contributed by atoms with Crippen LogP contribution in [0.25, 0.3) is 6.08 Å². The molecule has 0 bridgehead atoms. The minimum Gasteiger partial charge on any atom is -0.466 e. The van der Waals surface area contributed by atoms with Gasteiger partial charge in [0.05, 0.1) is 13.0 Å². The maximum Gasteiger partial charge on any atom is 0.325 e. The fraction of sp³-hybridized carbons (Fsp3) is 0.346. The highest BCUT2D eigenvalue weighted by Gasteiger charge is 2.56. The Bertz CT molecular complexity index is 1010. The SMILES string of the molecule is CCOC(=O)C/C(=C\c1ccccc1)[C@@]1(C(=O)OC(C)(C)C)Cc2ccccc2C1=O. The first kappa shape index (κ1) is 22.5. The van der Waals surface area contributed by atoms with Gasteiger partial charge in [0.15, 0.2) is 11.2 Å². The molecule has 0 aliphatic heterocycles. The second-order valence-electron chi connectivity index (χ2n) is 8.63. The van der Waals surface area contributed by atoms with Crippen LogP contribution < -0.4 is 0 Å². The van der Waals surface area contributed by atoms with Crippen LogP contribution in [0.15, 0.2) is 60.2 Å². The molecular formula is C26H28O5. The third-order valence-corrected chi connectivity index (χ3v) is 5.18. The van der Waals surface area contributed by atoms with Gasteiger partial charge >= 0.3 is 11.9 Å². The van der Waals surface area contributed by atoms with Crippen molar-refractivity contribution in [3.8, 4) is 0 Å². The van der Waals surface area contributed by atoms with Crippen molar-refractivity contribution in [2.24, 2.45) is 5.41 Å². The molecule has 0 saturated heterocycles. The summed E-state index contributed by atoms with van der Waals surface area (Å²) in [6.07, 6.45) is 1.71. The number of rotatable bonds is 6. The van der Waals surface area contributed by atoms with E-state index in [1.807, 2.05) is 42.5 Å². The highest BCUT2D eigenvalue weighted by atomic mass is 16.6. The van der Waals surface area contributed by atoms with Crippen LogP contribution in [-0.4, -0.2) is 29.9 Å². The van der Waals surface area contributed by atoms with Crippen molar-refractivity contribution < 1.29 is 23.9 Å². The zero-order valence-electron chi connectivity index (χ0n) is 18.4. The average molecular weight is 421 g/mol. The lowest BCUT2D eigenvalue weighted by atomic mass is 9.74. The number of ether oxygens (including phenoxy) is 2. The molecule has 1 aliphatic carbocycles. The number of ketones is 1. The molecular weight excluding hydrogens is 392 g/mol. The van der Waals surface area contributed by atoms with Crippen molar-refractivity contribution in [1.29, 1.82) is 0 Å². The van der Waals surface area contributed by atoms with Gasteiger partial charge < -0.3 is 9.47 Å². The minimum atomic E-state index is -1.61. The van der Waals surface area contributed by atoms with Gasteiger partial charge in [-0.05, 0) is 44.4 Å². The van der Waals surface area contributed by atoms with Gasteiger partial charge in [0.2, 0.25) is 0 Å². The van der Waals surface area contributed by atoms with Gasteiger partial charge in [-0.15, -0.1) is 0 Å². The molecule has 1 atom stereocenters. The van der Waals surface area contributed by atoms with Gasteiger partial charge in [0.1, 0.15) is 5.60 Å². The molecule has 0 amide bonds. The Morgan fingerprint density at radius 2 is 1.68 bits per heavy atom. The summed E-state index contributed by atoms with van der Waals surface area (Å²) < 4.78 is 10.9. The Kier molecular flexibility index (Phi) is 6.44. The van der Waals surface area contributed by atoms with E-state index < -0.39 is 23.0 Å². The lowest BCUT2D eigenvalue weighted by Gasteiger charge is -2.32. The van der Waals surface area contributed by atoms with Gasteiger partial charge in [-0.25, -0.2) is 0 Å². The summed E-state index contributed by atoms with van der Waals surface area (Å²) in [6, 6.07) is 16.5. The van der Waals surface area contributed by atoms with E-state index >= 15 is 0 Å². The molecule has 0 heterocycles. The summed E-state index contributed by atoms with van der Waals surface area (Å²) in [6.45, 7) is 7.22. The molecule has 3 rings (SSSR count). The first-order chi connectivity index (χ1) is 14.7. The lowest BCUT2D eigenvalue weighted by molar-refractivity contribution is -0.162. The Labute approximate surface area is 183 Å². The molecule has 2 aromatic rings. The third-order valence-electron chi connectivity index (χ3n) is 5.18. The number of esters is 2. The predicted octanol–water partition coefficient (Wildman–Crippen LogP) is 4.79. The molecule has 1 aliphatic rings. The first-order valence-corrected chi connectivity index (χ1v) is 10.5. The zero-order valence-corrected chi connectivity index (χ0v) is 18.4. The minimum absolute atomic E-state index is 0.148. The highest BCUT2D eigenvalue weighted by Crippen LogP contribution is 2.46. The van der Waals surface area contributed by atoms with Crippen molar-refractivity contribution in [2.75, 3.05) is 6.61 Å². The van der Waals surface area contributed by atoms with Gasteiger partial charge in [0, 0.05) is 12.0 Å². The first-order valence-electron chi connectivity index (χ1n) is 10.5. The monoisotopic (exact) mass is 420 g/mol. The second-order valence-corrected chi connectivity index (χ2v) is 8.63. The number of hydrogen-bond donors (Lipinski definition) is 0. The van der Waals surface area contributed by atoms with Gasteiger partial charge in [-0.2, -0.15) is 0 Å². The fourth-order valence-electron chi connectivity index (χ4n) is 3.86. The van der Waals surface area contributed by atoms with E-state index in [4.69, 9.17) is 9.47 Å². The van der Waals surface area contributed by atoms with E-state index in [1.165, 1.54) is 0 Å². The van der Waals surface area contributed by atoms with Crippen LogP contribution in [0.2, 0.25) is 0 Å². The number of Topliss-reactive ketones (excluding diaryl/α,β-unsaturated/α-hetero) is 1. The number of benzene rings is 2. The van der Waals surface area contributed by atoms with Crippen molar-refractivity contribution in [1.82, 2.24) is 0 Å². The molecule has 0 N–H and O–H groups in total. The topological polar surface area (TPSA) is 69.7 Å². The van der Waals surface area contributed by atoms with E-state index in [0.717, 1.165) is 11.1 Å². The summed E-state index contributed by atoms with van der Waals surface area (Å²) in [7, 11) is 0. The van der Waals surface area contributed by atoms with Gasteiger partial charge in [-0.3, -0.25) is 14.4 Å². The standard InChI is InChI=1S/C26H28O5/c1-5-30-22(27)16-20(15-18-11-7-6-8-12-18)26(24(29)31-25(2,3)4)17-19-13-9-10-14-21(19)23(26)28/h6-15H,5,16-17H2,1-4H3/b20-15+/t26-/m0/s1. The summed E-state index contributed by atoms with van der Waals surface area (Å²) in [5.41, 5.74) is 0.0129. The highest BCUT2D eigenvalue weighted by molar-refractivity contribution is 6.19. The lowest BCUT2D eigenvalue weighted by Crippen LogP contribution is -2.44. The fourth-order valence-corrected chi connectivity index (χ4v) is 3.86. The molecule has 162 valence electrons. The molecule has 31 heavy (non-hydrogen) atoms. The third kappa shape index (κ3) is 4.76. The van der Waals surface area contributed by atoms with Crippen molar-refractivity contribution >= 4 is 23.8 Å². The Morgan fingerprint density at radius 3 is 2.29 bits per heavy atom. The molecule has 0 radical (unpaired) electrons. The van der Waals surface area contributed by atoms with Crippen LogP contribution in [0.1, 0.15) is 55.6 Å². The van der Waals surface area contributed by atoms with Crippen LogP contribution in [0, 0.1) is 5.41 Å². The Balaban J connectivity index is 2.19. The van der Waals surface area contributed by atoms with Crippen LogP contribution in [-0.2, 0) is 25.5 Å². The summed E-state index contributed by atoms with van der Waals surface area (Å²) in [4.78, 5) is 39.8. The molecule has 0 unspecified atom stereocenters. The molecule has 5 heteroatoms. The molecule has 0 aromatic heterocycles. The van der Waals surface area contributed by atoms with Crippen LogP contribution in [0.3, 0.4) is 0 Å².